The van der Waals surface area contributed by atoms with Crippen LogP contribution in [0, 0.1) is 11.8 Å². The molecule has 0 aliphatic rings. The van der Waals surface area contributed by atoms with E-state index in [0.717, 1.165) is 18.5 Å². The van der Waals surface area contributed by atoms with Gasteiger partial charge in [0.05, 0.1) is 13.2 Å². The molecule has 84 valence electrons. The summed E-state index contributed by atoms with van der Waals surface area (Å²) in [5, 5.41) is 1.01. The number of hydrogen-bond acceptors (Lipinski definition) is 1. The molecule has 0 fully saturated rings. The van der Waals surface area contributed by atoms with Gasteiger partial charge in [0.25, 0.3) is 0 Å². The van der Waals surface area contributed by atoms with Crippen molar-refractivity contribution < 1.29 is 4.74 Å². The Morgan fingerprint density at radius 3 is 2.40 bits per heavy atom. The number of halogens is 1. The Bertz CT molecular complexity index is 258. The zero-order valence-electron chi connectivity index (χ0n) is 9.45. The third-order valence-electron chi connectivity index (χ3n) is 2.58. The predicted octanol–water partition coefficient (Wildman–Crippen LogP) is 3.87. The van der Waals surface area contributed by atoms with Crippen LogP contribution in [0.25, 0.3) is 0 Å². The van der Waals surface area contributed by atoms with E-state index in [2.05, 4.69) is 41.9 Å². The highest BCUT2D eigenvalue weighted by atomic mass is 79.9. The lowest BCUT2D eigenvalue weighted by atomic mass is 9.99. The maximum absolute atomic E-state index is 5.70. The highest BCUT2D eigenvalue weighted by molar-refractivity contribution is 9.09. The van der Waals surface area contributed by atoms with Crippen LogP contribution >= 0.6 is 15.9 Å². The van der Waals surface area contributed by atoms with Crippen molar-refractivity contribution in [2.45, 2.75) is 20.5 Å². The molecule has 0 aliphatic heterocycles. The van der Waals surface area contributed by atoms with Crippen molar-refractivity contribution in [3.8, 4) is 0 Å². The van der Waals surface area contributed by atoms with E-state index < -0.39 is 0 Å². The van der Waals surface area contributed by atoms with Gasteiger partial charge in [-0.25, -0.2) is 0 Å². The van der Waals surface area contributed by atoms with Crippen molar-refractivity contribution in [2.24, 2.45) is 11.8 Å². The molecule has 1 atom stereocenters. The Hall–Kier alpha value is -0.340. The zero-order chi connectivity index (χ0) is 11.1. The SMILES string of the molecule is CC(C)C(CBr)COCc1ccccc1. The molecule has 0 bridgehead atoms. The number of hydrogen-bond donors (Lipinski definition) is 0. The molecule has 0 aromatic heterocycles. The van der Waals surface area contributed by atoms with E-state index in [1.165, 1.54) is 5.56 Å². The third-order valence-corrected chi connectivity index (χ3v) is 3.42. The molecule has 2 heteroatoms. The molecule has 0 radical (unpaired) electrons. The lowest BCUT2D eigenvalue weighted by Gasteiger charge is -2.17. The first-order valence-electron chi connectivity index (χ1n) is 5.41. The Morgan fingerprint density at radius 2 is 1.87 bits per heavy atom. The smallest absolute Gasteiger partial charge is 0.0717 e. The van der Waals surface area contributed by atoms with Gasteiger partial charge in [-0.1, -0.05) is 60.1 Å². The van der Waals surface area contributed by atoms with Gasteiger partial charge >= 0.3 is 0 Å². The Balaban J connectivity index is 2.27. The van der Waals surface area contributed by atoms with E-state index in [0.29, 0.717) is 11.8 Å². The van der Waals surface area contributed by atoms with Crippen LogP contribution in [0.1, 0.15) is 19.4 Å². The summed E-state index contributed by atoms with van der Waals surface area (Å²) in [4.78, 5) is 0. The molecular formula is C13H19BrO. The molecule has 1 aromatic rings. The molecule has 15 heavy (non-hydrogen) atoms. The second kappa shape index (κ2) is 7.02. The summed E-state index contributed by atoms with van der Waals surface area (Å²) in [7, 11) is 0. The first kappa shape index (κ1) is 12.7. The Labute approximate surface area is 101 Å². The number of alkyl halides is 1. The first-order chi connectivity index (χ1) is 7.24. The third kappa shape index (κ3) is 4.80. The molecule has 1 nitrogen and oxygen atoms in total. The van der Waals surface area contributed by atoms with E-state index in [-0.39, 0.29) is 0 Å². The van der Waals surface area contributed by atoms with Gasteiger partial charge in [-0.3, -0.25) is 0 Å². The minimum absolute atomic E-state index is 0.605. The summed E-state index contributed by atoms with van der Waals surface area (Å²) in [5.41, 5.74) is 1.24. The molecule has 0 aliphatic carbocycles. The summed E-state index contributed by atoms with van der Waals surface area (Å²) in [6.45, 7) is 6.02. The fraction of sp³-hybridized carbons (Fsp3) is 0.538. The van der Waals surface area contributed by atoms with Gasteiger partial charge in [-0.15, -0.1) is 0 Å². The molecule has 0 heterocycles. The molecule has 1 rings (SSSR count). The van der Waals surface area contributed by atoms with E-state index in [1.807, 2.05) is 18.2 Å². The summed E-state index contributed by atoms with van der Waals surface area (Å²) in [6.07, 6.45) is 0. The molecule has 0 spiro atoms. The molecule has 0 saturated carbocycles. The van der Waals surface area contributed by atoms with Crippen LogP contribution < -0.4 is 0 Å². The quantitative estimate of drug-likeness (QED) is 0.714. The summed E-state index contributed by atoms with van der Waals surface area (Å²) in [6, 6.07) is 10.3. The first-order valence-corrected chi connectivity index (χ1v) is 6.53. The van der Waals surface area contributed by atoms with E-state index >= 15 is 0 Å². The zero-order valence-corrected chi connectivity index (χ0v) is 11.0. The van der Waals surface area contributed by atoms with Crippen molar-refractivity contribution in [1.29, 1.82) is 0 Å². The van der Waals surface area contributed by atoms with Crippen LogP contribution in [-0.4, -0.2) is 11.9 Å². The lowest BCUT2D eigenvalue weighted by Crippen LogP contribution is -2.17. The highest BCUT2D eigenvalue weighted by Crippen LogP contribution is 2.14. The van der Waals surface area contributed by atoms with Gasteiger partial charge < -0.3 is 4.74 Å². The van der Waals surface area contributed by atoms with Gasteiger partial charge in [0.15, 0.2) is 0 Å². The monoisotopic (exact) mass is 270 g/mol. The maximum Gasteiger partial charge on any atom is 0.0717 e. The average molecular weight is 271 g/mol. The van der Waals surface area contributed by atoms with Crippen molar-refractivity contribution in [1.82, 2.24) is 0 Å². The van der Waals surface area contributed by atoms with Gasteiger partial charge in [0.2, 0.25) is 0 Å². The topological polar surface area (TPSA) is 9.23 Å². The van der Waals surface area contributed by atoms with Crippen LogP contribution in [0.3, 0.4) is 0 Å². The number of benzene rings is 1. The minimum atomic E-state index is 0.605. The van der Waals surface area contributed by atoms with Gasteiger partial charge in [0, 0.05) is 5.33 Å². The molecule has 0 amide bonds. The van der Waals surface area contributed by atoms with Gasteiger partial charge in [-0.05, 0) is 17.4 Å². The lowest BCUT2D eigenvalue weighted by molar-refractivity contribution is 0.0800. The standard InChI is InChI=1S/C13H19BrO/c1-11(2)13(8-14)10-15-9-12-6-4-3-5-7-12/h3-7,11,13H,8-10H2,1-2H3. The summed E-state index contributed by atoms with van der Waals surface area (Å²) in [5.74, 6) is 1.27. The van der Waals surface area contributed by atoms with Crippen LogP contribution in [-0.2, 0) is 11.3 Å². The molecule has 0 N–H and O–H groups in total. The van der Waals surface area contributed by atoms with Crippen LogP contribution in [0.4, 0.5) is 0 Å². The molecule has 1 unspecified atom stereocenters. The summed E-state index contributed by atoms with van der Waals surface area (Å²) >= 11 is 3.52. The van der Waals surface area contributed by atoms with E-state index in [1.54, 1.807) is 0 Å². The fourth-order valence-corrected chi connectivity index (χ4v) is 2.25. The second-order valence-electron chi connectivity index (χ2n) is 4.16. The normalized spacial score (nSPS) is 13.1. The predicted molar refractivity (Wildman–Crippen MR) is 68.2 cm³/mol. The molecule has 0 saturated heterocycles. The molecular weight excluding hydrogens is 252 g/mol. The van der Waals surface area contributed by atoms with Gasteiger partial charge in [-0.2, -0.15) is 0 Å². The van der Waals surface area contributed by atoms with Crippen LogP contribution in [0.5, 0.6) is 0 Å². The maximum atomic E-state index is 5.70. The number of ether oxygens (including phenoxy) is 1. The van der Waals surface area contributed by atoms with E-state index in [9.17, 15) is 0 Å². The van der Waals surface area contributed by atoms with Crippen LogP contribution in [0.15, 0.2) is 30.3 Å². The molecule has 1 aromatic carbocycles. The fourth-order valence-electron chi connectivity index (χ4n) is 1.32. The van der Waals surface area contributed by atoms with Crippen molar-refractivity contribution in [2.75, 3.05) is 11.9 Å². The van der Waals surface area contributed by atoms with Crippen LogP contribution in [0.2, 0.25) is 0 Å². The minimum Gasteiger partial charge on any atom is -0.376 e. The van der Waals surface area contributed by atoms with Crippen molar-refractivity contribution in [3.63, 3.8) is 0 Å². The van der Waals surface area contributed by atoms with Crippen molar-refractivity contribution >= 4 is 15.9 Å². The second-order valence-corrected chi connectivity index (χ2v) is 4.81. The van der Waals surface area contributed by atoms with E-state index in [4.69, 9.17) is 4.74 Å². The Morgan fingerprint density at radius 1 is 1.20 bits per heavy atom. The largest absolute Gasteiger partial charge is 0.376 e. The van der Waals surface area contributed by atoms with Crippen molar-refractivity contribution in [3.05, 3.63) is 35.9 Å². The van der Waals surface area contributed by atoms with Gasteiger partial charge in [0.1, 0.15) is 0 Å². The Kier molecular flexibility index (Phi) is 5.96. The average Bonchev–Trinajstić information content (AvgIpc) is 2.25. The highest BCUT2D eigenvalue weighted by Gasteiger charge is 2.11. The number of rotatable bonds is 6. The summed E-state index contributed by atoms with van der Waals surface area (Å²) < 4.78 is 5.70.